The molecule has 6 nitrogen and oxygen atoms in total. The van der Waals surface area contributed by atoms with E-state index in [2.05, 4.69) is 5.32 Å². The molecule has 0 radical (unpaired) electrons. The van der Waals surface area contributed by atoms with E-state index >= 15 is 0 Å². The molecule has 1 amide bonds. The first-order valence-corrected chi connectivity index (χ1v) is 8.55. The third-order valence-corrected chi connectivity index (χ3v) is 5.63. The van der Waals surface area contributed by atoms with E-state index in [0.717, 1.165) is 12.8 Å². The maximum Gasteiger partial charge on any atom is 0.243 e. The summed E-state index contributed by atoms with van der Waals surface area (Å²) >= 11 is 0. The van der Waals surface area contributed by atoms with Crippen LogP contribution in [0.4, 0.5) is 5.69 Å². The molecule has 0 spiro atoms. The molecule has 1 heterocycles. The highest BCUT2D eigenvalue weighted by atomic mass is 32.2. The molecule has 3 N–H and O–H groups in total. The molecule has 1 aromatic carbocycles. The van der Waals surface area contributed by atoms with Crippen molar-refractivity contribution in [1.82, 2.24) is 4.31 Å². The van der Waals surface area contributed by atoms with Gasteiger partial charge in [-0.25, -0.2) is 8.42 Å². The largest absolute Gasteiger partial charge is 0.329 e. The Morgan fingerprint density at radius 3 is 2.62 bits per heavy atom. The fraction of sp³-hybridized carbons (Fsp3) is 0.500. The summed E-state index contributed by atoms with van der Waals surface area (Å²) in [6.07, 6.45) is 2.03. The minimum absolute atomic E-state index is 0.103. The fourth-order valence-electron chi connectivity index (χ4n) is 2.46. The van der Waals surface area contributed by atoms with Gasteiger partial charge in [-0.05, 0) is 37.1 Å². The SMILES string of the molecule is CCC(=O)Nc1ccc(S(=O)(=O)N2CCCC2CN)cc1. The van der Waals surface area contributed by atoms with Gasteiger partial charge in [0, 0.05) is 31.2 Å². The number of anilines is 1. The number of hydrogen-bond donors (Lipinski definition) is 2. The molecule has 1 aromatic rings. The Balaban J connectivity index is 2.19. The lowest BCUT2D eigenvalue weighted by Crippen LogP contribution is -2.39. The van der Waals surface area contributed by atoms with Crippen molar-refractivity contribution >= 4 is 21.6 Å². The van der Waals surface area contributed by atoms with Crippen LogP contribution in [-0.4, -0.2) is 37.8 Å². The Bertz CT molecular complexity index is 598. The maximum absolute atomic E-state index is 12.6. The van der Waals surface area contributed by atoms with E-state index in [1.54, 1.807) is 19.1 Å². The highest BCUT2D eigenvalue weighted by Gasteiger charge is 2.34. The van der Waals surface area contributed by atoms with E-state index in [9.17, 15) is 13.2 Å². The molecule has 116 valence electrons. The van der Waals surface area contributed by atoms with Crippen molar-refractivity contribution in [3.05, 3.63) is 24.3 Å². The third kappa shape index (κ3) is 3.42. The van der Waals surface area contributed by atoms with Crippen LogP contribution in [0.5, 0.6) is 0 Å². The van der Waals surface area contributed by atoms with Crippen LogP contribution in [-0.2, 0) is 14.8 Å². The van der Waals surface area contributed by atoms with E-state index < -0.39 is 10.0 Å². The molecular formula is C14H21N3O3S. The molecule has 1 unspecified atom stereocenters. The minimum atomic E-state index is -3.51. The molecule has 1 saturated heterocycles. The Morgan fingerprint density at radius 1 is 1.38 bits per heavy atom. The Morgan fingerprint density at radius 2 is 2.05 bits per heavy atom. The number of rotatable bonds is 5. The number of nitrogens with one attached hydrogen (secondary N) is 1. The number of sulfonamides is 1. The van der Waals surface area contributed by atoms with Crippen LogP contribution in [0.3, 0.4) is 0 Å². The van der Waals surface area contributed by atoms with Crippen molar-refractivity contribution in [2.45, 2.75) is 37.1 Å². The van der Waals surface area contributed by atoms with Crippen LogP contribution in [0, 0.1) is 0 Å². The summed E-state index contributed by atoms with van der Waals surface area (Å²) in [5.41, 5.74) is 6.23. The third-order valence-electron chi connectivity index (χ3n) is 3.66. The molecule has 0 bridgehead atoms. The van der Waals surface area contributed by atoms with Gasteiger partial charge in [0.25, 0.3) is 0 Å². The topological polar surface area (TPSA) is 92.5 Å². The average Bonchev–Trinajstić information content (AvgIpc) is 2.97. The number of carbonyl (C=O) groups is 1. The van der Waals surface area contributed by atoms with E-state index in [0.29, 0.717) is 25.2 Å². The van der Waals surface area contributed by atoms with Crippen LogP contribution >= 0.6 is 0 Å². The lowest BCUT2D eigenvalue weighted by atomic mass is 10.2. The molecule has 0 aliphatic carbocycles. The lowest BCUT2D eigenvalue weighted by Gasteiger charge is -2.22. The number of amides is 1. The normalized spacial score (nSPS) is 19.6. The first-order valence-electron chi connectivity index (χ1n) is 7.11. The maximum atomic E-state index is 12.6. The lowest BCUT2D eigenvalue weighted by molar-refractivity contribution is -0.115. The van der Waals surface area contributed by atoms with Crippen molar-refractivity contribution in [3.63, 3.8) is 0 Å². The Kier molecular flexibility index (Phi) is 4.97. The van der Waals surface area contributed by atoms with Gasteiger partial charge in [0.2, 0.25) is 15.9 Å². The highest BCUT2D eigenvalue weighted by Crippen LogP contribution is 2.26. The molecule has 2 rings (SSSR count). The molecule has 21 heavy (non-hydrogen) atoms. The number of hydrogen-bond acceptors (Lipinski definition) is 4. The van der Waals surface area contributed by atoms with Gasteiger partial charge in [0.05, 0.1) is 4.90 Å². The number of carbonyl (C=O) groups excluding carboxylic acids is 1. The van der Waals surface area contributed by atoms with E-state index in [1.165, 1.54) is 16.4 Å². The van der Waals surface area contributed by atoms with Gasteiger partial charge >= 0.3 is 0 Å². The standard InChI is InChI=1S/C14H21N3O3S/c1-2-14(18)16-11-5-7-13(8-6-11)21(19,20)17-9-3-4-12(17)10-15/h5-8,12H,2-4,9-10,15H2,1H3,(H,16,18). The summed E-state index contributed by atoms with van der Waals surface area (Å²) in [5.74, 6) is -0.103. The second kappa shape index (κ2) is 6.55. The van der Waals surface area contributed by atoms with Gasteiger partial charge in [-0.2, -0.15) is 4.31 Å². The predicted octanol–water partition coefficient (Wildman–Crippen LogP) is 1.15. The Labute approximate surface area is 125 Å². The summed E-state index contributed by atoms with van der Waals surface area (Å²) in [7, 11) is -3.51. The molecule has 1 aliphatic rings. The van der Waals surface area contributed by atoms with Crippen LogP contribution in [0.25, 0.3) is 0 Å². The van der Waals surface area contributed by atoms with Crippen LogP contribution in [0.2, 0.25) is 0 Å². The summed E-state index contributed by atoms with van der Waals surface area (Å²) in [5, 5.41) is 2.69. The molecule has 0 aromatic heterocycles. The van der Waals surface area contributed by atoms with Gasteiger partial charge in [0.15, 0.2) is 0 Å². The van der Waals surface area contributed by atoms with Gasteiger partial charge in [-0.3, -0.25) is 4.79 Å². The minimum Gasteiger partial charge on any atom is -0.329 e. The molecule has 0 saturated carbocycles. The average molecular weight is 311 g/mol. The zero-order chi connectivity index (χ0) is 15.5. The summed E-state index contributed by atoms with van der Waals surface area (Å²) in [6, 6.07) is 6.13. The van der Waals surface area contributed by atoms with Crippen molar-refractivity contribution in [1.29, 1.82) is 0 Å². The first-order chi connectivity index (χ1) is 9.98. The number of benzene rings is 1. The van der Waals surface area contributed by atoms with Crippen molar-refractivity contribution < 1.29 is 13.2 Å². The Hall–Kier alpha value is -1.44. The molecule has 1 aliphatic heterocycles. The van der Waals surface area contributed by atoms with Crippen molar-refractivity contribution in [2.75, 3.05) is 18.4 Å². The molecule has 7 heteroatoms. The molecule has 1 atom stereocenters. The molecule has 1 fully saturated rings. The monoisotopic (exact) mass is 311 g/mol. The fourth-order valence-corrected chi connectivity index (χ4v) is 4.16. The van der Waals surface area contributed by atoms with Crippen LogP contribution in [0.15, 0.2) is 29.2 Å². The second-order valence-corrected chi connectivity index (χ2v) is 6.96. The zero-order valence-electron chi connectivity index (χ0n) is 12.1. The summed E-state index contributed by atoms with van der Waals surface area (Å²) in [4.78, 5) is 11.5. The van der Waals surface area contributed by atoms with Gasteiger partial charge in [-0.1, -0.05) is 6.92 Å². The van der Waals surface area contributed by atoms with Crippen molar-refractivity contribution in [3.8, 4) is 0 Å². The predicted molar refractivity (Wildman–Crippen MR) is 81.3 cm³/mol. The number of nitrogens with zero attached hydrogens (tertiary/aromatic N) is 1. The van der Waals surface area contributed by atoms with Crippen molar-refractivity contribution in [2.24, 2.45) is 5.73 Å². The zero-order valence-corrected chi connectivity index (χ0v) is 12.9. The smallest absolute Gasteiger partial charge is 0.243 e. The van der Waals surface area contributed by atoms with Gasteiger partial charge in [0.1, 0.15) is 0 Å². The molecular weight excluding hydrogens is 290 g/mol. The summed E-state index contributed by atoms with van der Waals surface area (Å²) < 4.78 is 26.6. The van der Waals surface area contributed by atoms with E-state index in [-0.39, 0.29) is 16.8 Å². The van der Waals surface area contributed by atoms with Gasteiger partial charge in [-0.15, -0.1) is 0 Å². The van der Waals surface area contributed by atoms with Gasteiger partial charge < -0.3 is 11.1 Å². The number of nitrogens with two attached hydrogens (primary N) is 1. The van der Waals surface area contributed by atoms with E-state index in [1.807, 2.05) is 0 Å². The summed E-state index contributed by atoms with van der Waals surface area (Å²) in [6.45, 7) is 2.61. The highest BCUT2D eigenvalue weighted by molar-refractivity contribution is 7.89. The van der Waals surface area contributed by atoms with Crippen LogP contribution < -0.4 is 11.1 Å². The second-order valence-electron chi connectivity index (χ2n) is 5.07. The van der Waals surface area contributed by atoms with Crippen LogP contribution in [0.1, 0.15) is 26.2 Å². The quantitative estimate of drug-likeness (QED) is 0.853. The first kappa shape index (κ1) is 15.9. The van der Waals surface area contributed by atoms with E-state index in [4.69, 9.17) is 5.73 Å².